The number of rotatable bonds is 4. The Bertz CT molecular complexity index is 346. The summed E-state index contributed by atoms with van der Waals surface area (Å²) in [7, 11) is 0. The SMILES string of the molecule is O=C1C=CC(=O)C(O)=C1O.OC(O)COCC(O)O. The van der Waals surface area contributed by atoms with Crippen LogP contribution in [-0.4, -0.2) is 68.0 Å². The summed E-state index contributed by atoms with van der Waals surface area (Å²) in [5, 5.41) is 49.8. The van der Waals surface area contributed by atoms with Crippen molar-refractivity contribution in [3.8, 4) is 0 Å². The minimum atomic E-state index is -1.55. The van der Waals surface area contributed by atoms with Gasteiger partial charge >= 0.3 is 0 Å². The van der Waals surface area contributed by atoms with Crippen LogP contribution >= 0.6 is 0 Å². The Morgan fingerprint density at radius 2 is 1.16 bits per heavy atom. The van der Waals surface area contributed by atoms with E-state index in [9.17, 15) is 9.59 Å². The van der Waals surface area contributed by atoms with E-state index in [1.54, 1.807) is 0 Å². The van der Waals surface area contributed by atoms with Crippen LogP contribution in [0.5, 0.6) is 0 Å². The molecule has 19 heavy (non-hydrogen) atoms. The summed E-state index contributed by atoms with van der Waals surface area (Å²) in [6.45, 7) is -0.616. The van der Waals surface area contributed by atoms with E-state index < -0.39 is 35.7 Å². The van der Waals surface area contributed by atoms with Gasteiger partial charge in [0.15, 0.2) is 12.6 Å². The van der Waals surface area contributed by atoms with E-state index in [-0.39, 0.29) is 13.2 Å². The van der Waals surface area contributed by atoms with Gasteiger partial charge in [-0.3, -0.25) is 9.59 Å². The predicted molar refractivity (Wildman–Crippen MR) is 58.7 cm³/mol. The van der Waals surface area contributed by atoms with Crippen molar-refractivity contribution in [1.29, 1.82) is 0 Å². The fraction of sp³-hybridized carbons (Fsp3) is 0.400. The lowest BCUT2D eigenvalue weighted by molar-refractivity contribution is -0.138. The molecule has 108 valence electrons. The van der Waals surface area contributed by atoms with Gasteiger partial charge in [-0.05, 0) is 12.2 Å². The van der Waals surface area contributed by atoms with Crippen LogP contribution in [-0.2, 0) is 14.3 Å². The third-order valence-corrected chi connectivity index (χ3v) is 1.61. The largest absolute Gasteiger partial charge is 0.501 e. The van der Waals surface area contributed by atoms with E-state index in [4.69, 9.17) is 30.6 Å². The molecular weight excluding hydrogens is 264 g/mol. The van der Waals surface area contributed by atoms with Crippen molar-refractivity contribution in [2.75, 3.05) is 13.2 Å². The van der Waals surface area contributed by atoms with Crippen molar-refractivity contribution >= 4 is 11.6 Å². The summed E-state index contributed by atoms with van der Waals surface area (Å²) >= 11 is 0. The number of allylic oxidation sites excluding steroid dienone is 2. The number of aliphatic hydroxyl groups excluding tert-OH is 4. The van der Waals surface area contributed by atoms with E-state index in [2.05, 4.69) is 4.74 Å². The second-order valence-electron chi connectivity index (χ2n) is 3.26. The van der Waals surface area contributed by atoms with Crippen molar-refractivity contribution in [1.82, 2.24) is 0 Å². The maximum Gasteiger partial charge on any atom is 0.224 e. The molecule has 0 heterocycles. The van der Waals surface area contributed by atoms with Crippen molar-refractivity contribution in [2.45, 2.75) is 12.6 Å². The van der Waals surface area contributed by atoms with Crippen LogP contribution in [0.25, 0.3) is 0 Å². The van der Waals surface area contributed by atoms with E-state index in [1.165, 1.54) is 0 Å². The summed E-state index contributed by atoms with van der Waals surface area (Å²) in [6.07, 6.45) is -1.30. The number of carbonyl (C=O) groups is 2. The zero-order valence-electron chi connectivity index (χ0n) is 9.63. The maximum atomic E-state index is 10.4. The van der Waals surface area contributed by atoms with Crippen LogP contribution < -0.4 is 0 Å². The second-order valence-corrected chi connectivity index (χ2v) is 3.26. The lowest BCUT2D eigenvalue weighted by atomic mass is 10.1. The molecule has 6 N–H and O–H groups in total. The van der Waals surface area contributed by atoms with Crippen molar-refractivity contribution in [3.63, 3.8) is 0 Å². The molecule has 0 amide bonds. The fourth-order valence-electron chi connectivity index (χ4n) is 0.821. The van der Waals surface area contributed by atoms with Crippen LogP contribution in [0.1, 0.15) is 0 Å². The molecule has 0 spiro atoms. The highest BCUT2D eigenvalue weighted by Gasteiger charge is 2.20. The third kappa shape index (κ3) is 7.28. The van der Waals surface area contributed by atoms with Gasteiger partial charge in [0, 0.05) is 0 Å². The van der Waals surface area contributed by atoms with Gasteiger partial charge in [0.2, 0.25) is 23.1 Å². The van der Waals surface area contributed by atoms with E-state index in [0.29, 0.717) is 0 Å². The summed E-state index contributed by atoms with van der Waals surface area (Å²) in [5.41, 5.74) is 0. The van der Waals surface area contributed by atoms with Gasteiger partial charge in [-0.1, -0.05) is 0 Å². The number of hydrogen-bond acceptors (Lipinski definition) is 9. The molecule has 9 heteroatoms. The van der Waals surface area contributed by atoms with Crippen LogP contribution in [0.4, 0.5) is 0 Å². The average Bonchev–Trinajstić information content (AvgIpc) is 2.31. The molecule has 0 aromatic carbocycles. The Morgan fingerprint density at radius 1 is 0.842 bits per heavy atom. The normalized spacial score (nSPS) is 15.1. The second kappa shape index (κ2) is 8.34. The molecule has 1 aliphatic carbocycles. The summed E-state index contributed by atoms with van der Waals surface area (Å²) < 4.78 is 4.36. The molecule has 9 nitrogen and oxygen atoms in total. The number of ether oxygens (including phenoxy) is 1. The number of hydrogen-bond donors (Lipinski definition) is 6. The van der Waals surface area contributed by atoms with Gasteiger partial charge in [-0.25, -0.2) is 0 Å². The van der Waals surface area contributed by atoms with Gasteiger partial charge in [-0.15, -0.1) is 0 Å². The lowest BCUT2D eigenvalue weighted by Crippen LogP contribution is -2.20. The van der Waals surface area contributed by atoms with Crippen molar-refractivity contribution in [3.05, 3.63) is 23.7 Å². The lowest BCUT2D eigenvalue weighted by Gasteiger charge is -2.05. The molecule has 0 radical (unpaired) electrons. The predicted octanol–water partition coefficient (Wildman–Crippen LogP) is -2.35. The Hall–Kier alpha value is -1.78. The van der Waals surface area contributed by atoms with E-state index in [0.717, 1.165) is 12.2 Å². The first-order valence-electron chi connectivity index (χ1n) is 4.94. The molecule has 0 aromatic heterocycles. The molecule has 0 bridgehead atoms. The van der Waals surface area contributed by atoms with Gasteiger partial charge in [0.25, 0.3) is 0 Å². The molecule has 0 saturated carbocycles. The highest BCUT2D eigenvalue weighted by molar-refractivity contribution is 6.17. The van der Waals surface area contributed by atoms with Crippen molar-refractivity contribution < 1.29 is 45.0 Å². The zero-order chi connectivity index (χ0) is 15.0. The number of carbonyl (C=O) groups excluding carboxylic acids is 2. The first-order chi connectivity index (χ1) is 8.75. The van der Waals surface area contributed by atoms with Crippen LogP contribution in [0.3, 0.4) is 0 Å². The Labute approximate surface area is 107 Å². The molecule has 0 unspecified atom stereocenters. The third-order valence-electron chi connectivity index (χ3n) is 1.61. The van der Waals surface area contributed by atoms with Gasteiger partial charge in [0.05, 0.1) is 13.2 Å². The molecule has 0 aliphatic heterocycles. The molecule has 0 fully saturated rings. The highest BCUT2D eigenvalue weighted by Crippen LogP contribution is 2.07. The quantitative estimate of drug-likeness (QED) is 0.244. The number of aliphatic hydroxyl groups is 6. The minimum Gasteiger partial charge on any atom is -0.501 e. The summed E-state index contributed by atoms with van der Waals surface area (Å²) in [5.74, 6) is -3.27. The minimum absolute atomic E-state index is 0.308. The molecule has 0 aromatic rings. The van der Waals surface area contributed by atoms with E-state index in [1.807, 2.05) is 0 Å². The standard InChI is InChI=1S/C6H4O4.C4H10O5/c7-3-1-2-4(8)6(10)5(3)9;5-3(6)1-9-2-4(7)8/h1-2,9-10H;3-8H,1-2H2. The van der Waals surface area contributed by atoms with Crippen LogP contribution in [0, 0.1) is 0 Å². The molecule has 1 rings (SSSR count). The molecule has 0 saturated heterocycles. The molecule has 0 atom stereocenters. The van der Waals surface area contributed by atoms with Gasteiger partial charge in [0.1, 0.15) is 0 Å². The maximum absolute atomic E-state index is 10.4. The molecular formula is C10H14O9. The Morgan fingerprint density at radius 3 is 1.42 bits per heavy atom. The first-order valence-corrected chi connectivity index (χ1v) is 4.94. The highest BCUT2D eigenvalue weighted by atomic mass is 16.6. The van der Waals surface area contributed by atoms with Crippen LogP contribution in [0.2, 0.25) is 0 Å². The van der Waals surface area contributed by atoms with Gasteiger partial charge < -0.3 is 35.4 Å². The van der Waals surface area contributed by atoms with E-state index >= 15 is 0 Å². The summed E-state index contributed by atoms with van der Waals surface area (Å²) in [6, 6.07) is 0. The average molecular weight is 278 g/mol. The van der Waals surface area contributed by atoms with Gasteiger partial charge in [-0.2, -0.15) is 0 Å². The van der Waals surface area contributed by atoms with Crippen molar-refractivity contribution in [2.24, 2.45) is 0 Å². The zero-order valence-corrected chi connectivity index (χ0v) is 9.63. The van der Waals surface area contributed by atoms with Crippen LogP contribution in [0.15, 0.2) is 23.7 Å². The topological polar surface area (TPSA) is 165 Å². The first kappa shape index (κ1) is 17.2. The smallest absolute Gasteiger partial charge is 0.224 e. The summed E-state index contributed by atoms with van der Waals surface area (Å²) in [4.78, 5) is 20.9. The Kier molecular flexibility index (Phi) is 7.56. The fourth-order valence-corrected chi connectivity index (χ4v) is 0.821. The monoisotopic (exact) mass is 278 g/mol. The number of ketones is 2. The Balaban J connectivity index is 0.000000344. The molecule has 1 aliphatic rings.